The van der Waals surface area contributed by atoms with Crippen molar-refractivity contribution in [3.05, 3.63) is 66.0 Å². The molecule has 5 nitrogen and oxygen atoms in total. The molecule has 4 rings (SSSR count). The molecule has 0 radical (unpaired) electrons. The second-order valence-electron chi connectivity index (χ2n) is 8.38. The van der Waals surface area contributed by atoms with Crippen molar-refractivity contribution in [3.63, 3.8) is 0 Å². The lowest BCUT2D eigenvalue weighted by Gasteiger charge is -2.25. The first-order valence-corrected chi connectivity index (χ1v) is 11.0. The van der Waals surface area contributed by atoms with Crippen LogP contribution in [0.2, 0.25) is 0 Å². The molecule has 3 aromatic rings. The van der Waals surface area contributed by atoms with Crippen molar-refractivity contribution in [1.29, 1.82) is 0 Å². The highest BCUT2D eigenvalue weighted by molar-refractivity contribution is 5.65. The first kappa shape index (κ1) is 21.5. The van der Waals surface area contributed by atoms with Crippen LogP contribution in [-0.4, -0.2) is 39.0 Å². The fourth-order valence-corrected chi connectivity index (χ4v) is 3.81. The molecule has 0 amide bonds. The van der Waals surface area contributed by atoms with E-state index in [1.54, 1.807) is 16.8 Å². The summed E-state index contributed by atoms with van der Waals surface area (Å²) >= 11 is 0. The monoisotopic (exact) mass is 423 g/mol. The van der Waals surface area contributed by atoms with E-state index in [9.17, 15) is 9.50 Å². The third-order valence-electron chi connectivity index (χ3n) is 5.68. The maximum Gasteiger partial charge on any atom is 0.222 e. The molecule has 1 fully saturated rings. The van der Waals surface area contributed by atoms with Gasteiger partial charge in [-0.05, 0) is 37.3 Å². The second kappa shape index (κ2) is 9.62. The fraction of sp³-hybridized carbons (Fsp3) is 0.400. The Bertz CT molecular complexity index is 1000. The number of aryl methyl sites for hydroxylation is 1. The highest BCUT2D eigenvalue weighted by atomic mass is 19.1. The zero-order chi connectivity index (χ0) is 21.8. The number of ether oxygens (including phenoxy) is 1. The van der Waals surface area contributed by atoms with Gasteiger partial charge in [0, 0.05) is 38.3 Å². The van der Waals surface area contributed by atoms with E-state index in [-0.39, 0.29) is 11.9 Å². The van der Waals surface area contributed by atoms with Crippen molar-refractivity contribution < 1.29 is 14.2 Å². The molecule has 31 heavy (non-hydrogen) atoms. The van der Waals surface area contributed by atoms with Crippen LogP contribution in [0.4, 0.5) is 4.39 Å². The molecule has 6 heteroatoms. The second-order valence-corrected chi connectivity index (χ2v) is 8.38. The maximum absolute atomic E-state index is 13.7. The van der Waals surface area contributed by atoms with Crippen molar-refractivity contribution in [3.8, 4) is 22.9 Å². The van der Waals surface area contributed by atoms with Gasteiger partial charge >= 0.3 is 0 Å². The molecule has 1 atom stereocenters. The summed E-state index contributed by atoms with van der Waals surface area (Å²) in [6.45, 7) is 4.16. The molecule has 0 unspecified atom stereocenters. The summed E-state index contributed by atoms with van der Waals surface area (Å²) in [6.07, 6.45) is 2.82. The third kappa shape index (κ3) is 5.51. The highest BCUT2D eigenvalue weighted by Gasteiger charge is 2.28. The first-order valence-electron chi connectivity index (χ1n) is 11.0. The van der Waals surface area contributed by atoms with Crippen LogP contribution in [0.5, 0.6) is 11.6 Å². The minimum absolute atomic E-state index is 0.342. The van der Waals surface area contributed by atoms with E-state index in [0.29, 0.717) is 37.1 Å². The average Bonchev–Trinajstić information content (AvgIpc) is 3.53. The molecule has 1 heterocycles. The summed E-state index contributed by atoms with van der Waals surface area (Å²) < 4.78 is 21.6. The largest absolute Gasteiger partial charge is 0.439 e. The standard InChI is InChI=1S/C25H30FN3O2/c1-3-21(30)16-29(15-18-12-13-18)17-23-24(19-8-5-4-6-9-19)27-28(2)25(23)31-22-11-7-10-20(26)14-22/h4-11,14,18,21,30H,3,12-13,15-17H2,1-2H3/t21-/m1/s1. The van der Waals surface area contributed by atoms with E-state index in [1.807, 2.05) is 44.3 Å². The predicted octanol–water partition coefficient (Wildman–Crippen LogP) is 5.00. The van der Waals surface area contributed by atoms with E-state index in [1.165, 1.54) is 25.0 Å². The molecule has 1 saturated carbocycles. The molecule has 2 aromatic carbocycles. The predicted molar refractivity (Wildman–Crippen MR) is 119 cm³/mol. The Hall–Kier alpha value is -2.70. The Morgan fingerprint density at radius 3 is 2.65 bits per heavy atom. The number of hydrogen-bond donors (Lipinski definition) is 1. The van der Waals surface area contributed by atoms with Crippen molar-refractivity contribution in [2.24, 2.45) is 13.0 Å². The molecule has 0 aliphatic heterocycles. The van der Waals surface area contributed by atoms with Gasteiger partial charge in [0.15, 0.2) is 0 Å². The van der Waals surface area contributed by atoms with E-state index in [0.717, 1.165) is 23.4 Å². The Balaban J connectivity index is 1.71. The average molecular weight is 424 g/mol. The summed E-state index contributed by atoms with van der Waals surface area (Å²) in [6, 6.07) is 16.2. The van der Waals surface area contributed by atoms with Gasteiger partial charge in [-0.1, -0.05) is 43.3 Å². The van der Waals surface area contributed by atoms with E-state index in [4.69, 9.17) is 9.84 Å². The molecule has 1 aliphatic carbocycles. The SMILES string of the molecule is CC[C@@H](O)CN(Cc1c(-c2ccccc2)nn(C)c1Oc1cccc(F)c1)CC1CC1. The van der Waals surface area contributed by atoms with Crippen molar-refractivity contribution in [2.75, 3.05) is 13.1 Å². The highest BCUT2D eigenvalue weighted by Crippen LogP contribution is 2.36. The van der Waals surface area contributed by atoms with Crippen LogP contribution < -0.4 is 4.74 Å². The van der Waals surface area contributed by atoms with Crippen molar-refractivity contribution >= 4 is 0 Å². The summed E-state index contributed by atoms with van der Waals surface area (Å²) in [4.78, 5) is 2.30. The molecule has 164 valence electrons. The van der Waals surface area contributed by atoms with Crippen LogP contribution in [0.15, 0.2) is 54.6 Å². The number of hydrogen-bond acceptors (Lipinski definition) is 4. The minimum Gasteiger partial charge on any atom is -0.439 e. The summed E-state index contributed by atoms with van der Waals surface area (Å²) in [7, 11) is 1.84. The zero-order valence-electron chi connectivity index (χ0n) is 18.2. The lowest BCUT2D eigenvalue weighted by Crippen LogP contribution is -2.33. The van der Waals surface area contributed by atoms with Crippen molar-refractivity contribution in [1.82, 2.24) is 14.7 Å². The van der Waals surface area contributed by atoms with Crippen LogP contribution in [0.3, 0.4) is 0 Å². The van der Waals surface area contributed by atoms with Crippen LogP contribution in [0.25, 0.3) is 11.3 Å². The van der Waals surface area contributed by atoms with E-state index < -0.39 is 0 Å². The summed E-state index contributed by atoms with van der Waals surface area (Å²) in [5, 5.41) is 15.1. The molecular weight excluding hydrogens is 393 g/mol. The van der Waals surface area contributed by atoms with Gasteiger partial charge in [0.05, 0.1) is 11.7 Å². The summed E-state index contributed by atoms with van der Waals surface area (Å²) in [5.74, 6) is 1.38. The molecular formula is C25H30FN3O2. The normalized spacial score (nSPS) is 14.7. The van der Waals surface area contributed by atoms with Gasteiger partial charge in [-0.15, -0.1) is 0 Å². The fourth-order valence-electron chi connectivity index (χ4n) is 3.81. The van der Waals surface area contributed by atoms with Gasteiger partial charge in [-0.2, -0.15) is 5.10 Å². The number of benzene rings is 2. The van der Waals surface area contributed by atoms with Crippen LogP contribution in [-0.2, 0) is 13.6 Å². The Kier molecular flexibility index (Phi) is 6.68. The Morgan fingerprint density at radius 1 is 1.19 bits per heavy atom. The third-order valence-corrected chi connectivity index (χ3v) is 5.68. The molecule has 1 aliphatic rings. The first-order chi connectivity index (χ1) is 15.0. The number of halogens is 1. The number of rotatable bonds is 10. The molecule has 1 aromatic heterocycles. The van der Waals surface area contributed by atoms with E-state index >= 15 is 0 Å². The molecule has 0 spiro atoms. The summed E-state index contributed by atoms with van der Waals surface area (Å²) in [5.41, 5.74) is 2.80. The van der Waals surface area contributed by atoms with Crippen LogP contribution >= 0.6 is 0 Å². The van der Waals surface area contributed by atoms with Gasteiger partial charge in [-0.3, -0.25) is 4.90 Å². The number of aromatic nitrogens is 2. The van der Waals surface area contributed by atoms with Gasteiger partial charge in [0.2, 0.25) is 5.88 Å². The molecule has 0 saturated heterocycles. The smallest absolute Gasteiger partial charge is 0.222 e. The lowest BCUT2D eigenvalue weighted by atomic mass is 10.1. The number of aliphatic hydroxyl groups is 1. The Labute approximate surface area is 183 Å². The van der Waals surface area contributed by atoms with Crippen LogP contribution in [0, 0.1) is 11.7 Å². The van der Waals surface area contributed by atoms with Gasteiger partial charge in [-0.25, -0.2) is 9.07 Å². The van der Waals surface area contributed by atoms with Gasteiger partial charge in [0.25, 0.3) is 0 Å². The number of nitrogens with zero attached hydrogens (tertiary/aromatic N) is 3. The number of aliphatic hydroxyl groups excluding tert-OH is 1. The van der Waals surface area contributed by atoms with Crippen molar-refractivity contribution in [2.45, 2.75) is 38.8 Å². The minimum atomic E-state index is -0.372. The topological polar surface area (TPSA) is 50.5 Å². The van der Waals surface area contributed by atoms with Gasteiger partial charge < -0.3 is 9.84 Å². The quantitative estimate of drug-likeness (QED) is 0.499. The molecule has 1 N–H and O–H groups in total. The Morgan fingerprint density at radius 2 is 1.97 bits per heavy atom. The maximum atomic E-state index is 13.7. The molecule has 0 bridgehead atoms. The lowest BCUT2D eigenvalue weighted by molar-refractivity contribution is 0.102. The van der Waals surface area contributed by atoms with Gasteiger partial charge in [0.1, 0.15) is 17.3 Å². The van der Waals surface area contributed by atoms with Crippen LogP contribution in [0.1, 0.15) is 31.7 Å². The van der Waals surface area contributed by atoms with E-state index in [2.05, 4.69) is 4.90 Å². The zero-order valence-corrected chi connectivity index (χ0v) is 18.2.